The molecule has 0 unspecified atom stereocenters. The second-order valence-corrected chi connectivity index (χ2v) is 2.15. The van der Waals surface area contributed by atoms with Gasteiger partial charge in [-0.1, -0.05) is 0 Å². The van der Waals surface area contributed by atoms with Crippen LogP contribution in [0.15, 0.2) is 0 Å². The maximum Gasteiger partial charge on any atom is 0.0587 e. The Kier molecular flexibility index (Phi) is 29.6. The molecule has 0 spiro atoms. The molecule has 0 saturated heterocycles. The SMILES string of the molecule is C1#CCCC#CCC1.CC#N.CC#N.[Rh]. The summed E-state index contributed by atoms with van der Waals surface area (Å²) in [6.07, 6.45) is 3.86. The Morgan fingerprint density at radius 2 is 0.867 bits per heavy atom. The van der Waals surface area contributed by atoms with Crippen LogP contribution in [0.4, 0.5) is 0 Å². The van der Waals surface area contributed by atoms with E-state index in [1.807, 2.05) is 0 Å². The number of rotatable bonds is 0. The van der Waals surface area contributed by atoms with Gasteiger partial charge in [-0.2, -0.15) is 10.5 Å². The quantitative estimate of drug-likeness (QED) is 0.508. The van der Waals surface area contributed by atoms with E-state index >= 15 is 0 Å². The number of nitrogens with zero attached hydrogens (tertiary/aromatic N) is 2. The monoisotopic (exact) mass is 289 g/mol. The molecule has 15 heavy (non-hydrogen) atoms. The molecule has 0 bridgehead atoms. The van der Waals surface area contributed by atoms with Gasteiger partial charge in [0, 0.05) is 59.0 Å². The number of hydrogen-bond donors (Lipinski definition) is 0. The van der Waals surface area contributed by atoms with Crippen LogP contribution in [0.5, 0.6) is 0 Å². The van der Waals surface area contributed by atoms with Gasteiger partial charge in [0.15, 0.2) is 0 Å². The fourth-order valence-corrected chi connectivity index (χ4v) is 0.604. The zero-order valence-electron chi connectivity index (χ0n) is 9.06. The van der Waals surface area contributed by atoms with E-state index in [9.17, 15) is 0 Å². The molecule has 0 amide bonds. The molecule has 0 fully saturated rings. The van der Waals surface area contributed by atoms with Crippen molar-refractivity contribution >= 4 is 0 Å². The maximum atomic E-state index is 7.32. The minimum absolute atomic E-state index is 0. The van der Waals surface area contributed by atoms with Crippen LogP contribution in [0.25, 0.3) is 0 Å². The molecule has 1 rings (SSSR count). The molecule has 0 aromatic heterocycles. The van der Waals surface area contributed by atoms with E-state index in [2.05, 4.69) is 23.7 Å². The summed E-state index contributed by atoms with van der Waals surface area (Å²) in [7, 11) is 0. The van der Waals surface area contributed by atoms with Crippen LogP contribution in [-0.4, -0.2) is 0 Å². The molecule has 1 aliphatic rings. The van der Waals surface area contributed by atoms with Crippen LogP contribution in [0.3, 0.4) is 0 Å². The smallest absolute Gasteiger partial charge is 0.0587 e. The summed E-state index contributed by atoms with van der Waals surface area (Å²) in [5.74, 6) is 12.1. The Hall–Kier alpha value is -1.28. The summed E-state index contributed by atoms with van der Waals surface area (Å²) in [5, 5.41) is 14.6. The van der Waals surface area contributed by atoms with Crippen LogP contribution in [0.1, 0.15) is 39.5 Å². The van der Waals surface area contributed by atoms with Gasteiger partial charge < -0.3 is 0 Å². The first-order valence-electron chi connectivity index (χ1n) is 4.36. The number of hydrogen-bond acceptors (Lipinski definition) is 2. The average Bonchev–Trinajstić information content (AvgIpc) is 2.04. The van der Waals surface area contributed by atoms with Gasteiger partial charge in [-0.05, 0) is 0 Å². The van der Waals surface area contributed by atoms with Crippen LogP contribution in [0.2, 0.25) is 0 Å². The molecule has 0 heterocycles. The molecule has 3 heteroatoms. The van der Waals surface area contributed by atoms with Gasteiger partial charge in [-0.15, -0.1) is 23.7 Å². The largest absolute Gasteiger partial charge is 0.199 e. The minimum Gasteiger partial charge on any atom is -0.199 e. The zero-order valence-corrected chi connectivity index (χ0v) is 10.7. The van der Waals surface area contributed by atoms with E-state index in [1.165, 1.54) is 13.8 Å². The molecule has 2 nitrogen and oxygen atoms in total. The summed E-state index contributed by atoms with van der Waals surface area (Å²) >= 11 is 0. The van der Waals surface area contributed by atoms with Gasteiger partial charge in [0.25, 0.3) is 0 Å². The topological polar surface area (TPSA) is 47.6 Å². The summed E-state index contributed by atoms with van der Waals surface area (Å²) in [6.45, 7) is 2.86. The molecule has 0 aliphatic heterocycles. The predicted octanol–water partition coefficient (Wildman–Crippen LogP) is 2.62. The van der Waals surface area contributed by atoms with Gasteiger partial charge in [0.2, 0.25) is 0 Å². The van der Waals surface area contributed by atoms with Crippen LogP contribution >= 0.6 is 0 Å². The van der Waals surface area contributed by atoms with Gasteiger partial charge in [-0.3, -0.25) is 0 Å². The first-order chi connectivity index (χ1) is 6.83. The van der Waals surface area contributed by atoms with Crippen molar-refractivity contribution in [2.75, 3.05) is 0 Å². The third-order valence-corrected chi connectivity index (χ3v) is 1.000. The third-order valence-electron chi connectivity index (χ3n) is 1.000. The summed E-state index contributed by atoms with van der Waals surface area (Å²) in [4.78, 5) is 0. The van der Waals surface area contributed by atoms with Crippen molar-refractivity contribution in [3.05, 3.63) is 0 Å². The molecule has 0 saturated carbocycles. The van der Waals surface area contributed by atoms with E-state index in [1.54, 1.807) is 12.1 Å². The normalized spacial score (nSPS) is 9.60. The Morgan fingerprint density at radius 1 is 0.733 bits per heavy atom. The van der Waals surface area contributed by atoms with Crippen molar-refractivity contribution in [1.29, 1.82) is 10.5 Å². The van der Waals surface area contributed by atoms with E-state index in [0.717, 1.165) is 25.7 Å². The Balaban J connectivity index is -0.000000177. The van der Waals surface area contributed by atoms with Crippen molar-refractivity contribution < 1.29 is 19.5 Å². The standard InChI is InChI=1S/C8H8.2C2H3N.Rh/c1-2-4-6-8-7-5-3-1;2*1-2-3;/h1-2,7-8H2;2*1H3;. The molecule has 0 aromatic carbocycles. The van der Waals surface area contributed by atoms with Gasteiger partial charge in [0.1, 0.15) is 0 Å². The van der Waals surface area contributed by atoms with E-state index in [4.69, 9.17) is 10.5 Å². The van der Waals surface area contributed by atoms with E-state index in [0.29, 0.717) is 0 Å². The molecule has 0 atom stereocenters. The molecular weight excluding hydrogens is 275 g/mol. The Morgan fingerprint density at radius 3 is 1.00 bits per heavy atom. The van der Waals surface area contributed by atoms with E-state index < -0.39 is 0 Å². The molecule has 0 aromatic rings. The molecule has 81 valence electrons. The van der Waals surface area contributed by atoms with Gasteiger partial charge >= 0.3 is 0 Å². The van der Waals surface area contributed by atoms with Crippen LogP contribution < -0.4 is 0 Å². The molecule has 0 N–H and O–H groups in total. The molecule has 1 radical (unpaired) electrons. The van der Waals surface area contributed by atoms with Crippen LogP contribution in [0, 0.1) is 46.3 Å². The second kappa shape index (κ2) is 23.0. The van der Waals surface area contributed by atoms with Crippen molar-refractivity contribution in [2.24, 2.45) is 0 Å². The van der Waals surface area contributed by atoms with Crippen molar-refractivity contribution in [3.63, 3.8) is 0 Å². The number of nitriles is 2. The molecular formula is C12H14N2Rh. The summed E-state index contributed by atoms with van der Waals surface area (Å²) in [5.41, 5.74) is 0. The first kappa shape index (κ1) is 19.3. The van der Waals surface area contributed by atoms with Crippen LogP contribution in [-0.2, 0) is 19.5 Å². The van der Waals surface area contributed by atoms with Crippen molar-refractivity contribution in [2.45, 2.75) is 39.5 Å². The third kappa shape index (κ3) is 32.4. The predicted molar refractivity (Wildman–Crippen MR) is 56.6 cm³/mol. The Labute approximate surface area is 105 Å². The van der Waals surface area contributed by atoms with Gasteiger partial charge in [-0.25, -0.2) is 0 Å². The van der Waals surface area contributed by atoms with E-state index in [-0.39, 0.29) is 19.5 Å². The average molecular weight is 289 g/mol. The van der Waals surface area contributed by atoms with Crippen molar-refractivity contribution in [1.82, 2.24) is 0 Å². The summed E-state index contributed by atoms with van der Waals surface area (Å²) < 4.78 is 0. The molecule has 1 aliphatic carbocycles. The fraction of sp³-hybridized carbons (Fsp3) is 0.500. The second-order valence-electron chi connectivity index (χ2n) is 2.15. The fourth-order valence-electron chi connectivity index (χ4n) is 0.604. The maximum absolute atomic E-state index is 7.32. The van der Waals surface area contributed by atoms with Crippen molar-refractivity contribution in [3.8, 4) is 35.8 Å². The van der Waals surface area contributed by atoms with Gasteiger partial charge in [0.05, 0.1) is 12.1 Å². The summed E-state index contributed by atoms with van der Waals surface area (Å²) in [6, 6.07) is 3.50. The zero-order chi connectivity index (χ0) is 11.1. The first-order valence-corrected chi connectivity index (χ1v) is 4.36. The minimum atomic E-state index is 0. The Bertz CT molecular complexity index is 262.